The van der Waals surface area contributed by atoms with Crippen LogP contribution in [0.15, 0.2) is 47.6 Å². The number of amides is 2. The van der Waals surface area contributed by atoms with Crippen LogP contribution in [0.25, 0.3) is 0 Å². The first-order valence-corrected chi connectivity index (χ1v) is 8.71. The van der Waals surface area contributed by atoms with Gasteiger partial charge >= 0.3 is 0 Å². The summed E-state index contributed by atoms with van der Waals surface area (Å²) in [5.74, 6) is 0.110. The Morgan fingerprint density at radius 3 is 2.74 bits per heavy atom. The third-order valence-electron chi connectivity index (χ3n) is 3.58. The van der Waals surface area contributed by atoms with Gasteiger partial charge in [-0.1, -0.05) is 41.4 Å². The molecule has 0 saturated heterocycles. The molecule has 3 rings (SSSR count). The van der Waals surface area contributed by atoms with Gasteiger partial charge in [-0.2, -0.15) is 5.10 Å². The average molecular weight is 408 g/mol. The van der Waals surface area contributed by atoms with E-state index in [1.807, 2.05) is 6.07 Å². The maximum absolute atomic E-state index is 12.1. The molecule has 0 aliphatic carbocycles. The van der Waals surface area contributed by atoms with Gasteiger partial charge in [0.05, 0.1) is 17.8 Å². The maximum atomic E-state index is 12.1. The number of halogens is 2. The number of hydrogen-bond acceptors (Lipinski definition) is 5. The van der Waals surface area contributed by atoms with E-state index in [2.05, 4.69) is 15.8 Å². The summed E-state index contributed by atoms with van der Waals surface area (Å²) >= 11 is 11.8. The minimum atomic E-state index is -0.830. The summed E-state index contributed by atoms with van der Waals surface area (Å²) in [6, 6.07) is 11.9. The van der Waals surface area contributed by atoms with Gasteiger partial charge in [0.15, 0.2) is 11.5 Å². The Morgan fingerprint density at radius 2 is 1.96 bits per heavy atom. The molecule has 0 fully saturated rings. The van der Waals surface area contributed by atoms with E-state index < -0.39 is 17.9 Å². The monoisotopic (exact) mass is 407 g/mol. The smallest absolute Gasteiger partial charge is 0.265 e. The molecule has 1 atom stereocenters. The van der Waals surface area contributed by atoms with Crippen LogP contribution in [0.3, 0.4) is 0 Å². The molecule has 0 aromatic heterocycles. The van der Waals surface area contributed by atoms with Gasteiger partial charge in [-0.3, -0.25) is 9.59 Å². The summed E-state index contributed by atoms with van der Waals surface area (Å²) in [5.41, 5.74) is 2.89. The van der Waals surface area contributed by atoms with Gasteiger partial charge in [-0.15, -0.1) is 0 Å². The van der Waals surface area contributed by atoms with Crippen molar-refractivity contribution in [1.29, 1.82) is 0 Å². The molecule has 0 radical (unpaired) electrons. The predicted molar refractivity (Wildman–Crippen MR) is 102 cm³/mol. The second kappa shape index (κ2) is 8.75. The summed E-state index contributed by atoms with van der Waals surface area (Å²) < 4.78 is 11.0. The lowest BCUT2D eigenvalue weighted by Gasteiger charge is -2.25. The Balaban J connectivity index is 1.45. The summed E-state index contributed by atoms with van der Waals surface area (Å²) in [4.78, 5) is 23.9. The van der Waals surface area contributed by atoms with Crippen molar-refractivity contribution in [1.82, 2.24) is 10.7 Å². The fourth-order valence-electron chi connectivity index (χ4n) is 2.25. The van der Waals surface area contributed by atoms with Crippen LogP contribution in [0, 0.1) is 0 Å². The van der Waals surface area contributed by atoms with Crippen molar-refractivity contribution in [2.75, 3.05) is 13.2 Å². The Kier molecular flexibility index (Phi) is 6.16. The number of para-hydroxylation sites is 2. The van der Waals surface area contributed by atoms with E-state index in [0.717, 1.165) is 0 Å². The quantitative estimate of drug-likeness (QED) is 0.588. The van der Waals surface area contributed by atoms with Gasteiger partial charge < -0.3 is 14.8 Å². The SMILES string of the molecule is O=C(CNC(=O)[C@@H]1COc2ccccc2O1)N/N=C/c1ccc(Cl)cc1Cl. The molecule has 27 heavy (non-hydrogen) atoms. The van der Waals surface area contributed by atoms with Gasteiger partial charge in [0.2, 0.25) is 6.10 Å². The molecule has 140 valence electrons. The fourth-order valence-corrected chi connectivity index (χ4v) is 2.71. The molecule has 2 amide bonds. The number of benzene rings is 2. The van der Waals surface area contributed by atoms with E-state index in [4.69, 9.17) is 32.7 Å². The lowest BCUT2D eigenvalue weighted by Crippen LogP contribution is -2.46. The van der Waals surface area contributed by atoms with Gasteiger partial charge in [0.25, 0.3) is 11.8 Å². The minimum absolute atomic E-state index is 0.0671. The first-order valence-electron chi connectivity index (χ1n) is 7.96. The first kappa shape index (κ1) is 19.0. The highest BCUT2D eigenvalue weighted by Gasteiger charge is 2.27. The highest BCUT2D eigenvalue weighted by Crippen LogP contribution is 2.30. The first-order chi connectivity index (χ1) is 13.0. The van der Waals surface area contributed by atoms with Crippen LogP contribution >= 0.6 is 23.2 Å². The van der Waals surface area contributed by atoms with E-state index >= 15 is 0 Å². The van der Waals surface area contributed by atoms with E-state index in [0.29, 0.717) is 27.1 Å². The van der Waals surface area contributed by atoms with E-state index in [1.165, 1.54) is 6.21 Å². The lowest BCUT2D eigenvalue weighted by molar-refractivity contribution is -0.132. The largest absolute Gasteiger partial charge is 0.485 e. The average Bonchev–Trinajstić information content (AvgIpc) is 2.67. The number of rotatable bonds is 5. The van der Waals surface area contributed by atoms with E-state index in [9.17, 15) is 9.59 Å². The molecule has 0 bridgehead atoms. The van der Waals surface area contributed by atoms with Crippen molar-refractivity contribution in [3.63, 3.8) is 0 Å². The maximum Gasteiger partial charge on any atom is 0.265 e. The molecule has 2 aromatic rings. The van der Waals surface area contributed by atoms with Gasteiger partial charge in [0.1, 0.15) is 6.61 Å². The Labute approximate surface area is 165 Å². The number of carbonyl (C=O) groups excluding carboxylic acids is 2. The van der Waals surface area contributed by atoms with Crippen molar-refractivity contribution in [2.45, 2.75) is 6.10 Å². The van der Waals surface area contributed by atoms with Crippen LogP contribution in [0.2, 0.25) is 10.0 Å². The highest BCUT2D eigenvalue weighted by molar-refractivity contribution is 6.36. The number of carbonyl (C=O) groups is 2. The van der Waals surface area contributed by atoms with Crippen molar-refractivity contribution in [3.8, 4) is 11.5 Å². The molecule has 1 aliphatic rings. The minimum Gasteiger partial charge on any atom is -0.485 e. The molecule has 2 N–H and O–H groups in total. The molecule has 1 heterocycles. The number of nitrogens with zero attached hydrogens (tertiary/aromatic N) is 1. The van der Waals surface area contributed by atoms with E-state index in [1.54, 1.807) is 36.4 Å². The van der Waals surface area contributed by atoms with Crippen molar-refractivity contribution in [2.24, 2.45) is 5.10 Å². The third-order valence-corrected chi connectivity index (χ3v) is 4.14. The van der Waals surface area contributed by atoms with Crippen LogP contribution in [0.4, 0.5) is 0 Å². The second-order valence-electron chi connectivity index (χ2n) is 5.54. The summed E-state index contributed by atoms with van der Waals surface area (Å²) in [6.45, 7) is -0.191. The Hall–Kier alpha value is -2.77. The molecule has 0 spiro atoms. The normalized spacial score (nSPS) is 15.4. The van der Waals surface area contributed by atoms with Gasteiger partial charge in [-0.05, 0) is 24.3 Å². The Bertz CT molecular complexity index is 889. The van der Waals surface area contributed by atoms with Crippen molar-refractivity contribution in [3.05, 3.63) is 58.1 Å². The summed E-state index contributed by atoms with van der Waals surface area (Å²) in [7, 11) is 0. The molecular weight excluding hydrogens is 393 g/mol. The Morgan fingerprint density at radius 1 is 1.19 bits per heavy atom. The van der Waals surface area contributed by atoms with Crippen LogP contribution in [-0.4, -0.2) is 37.3 Å². The van der Waals surface area contributed by atoms with Crippen LogP contribution < -0.4 is 20.2 Å². The molecule has 9 heteroatoms. The molecule has 0 unspecified atom stereocenters. The fraction of sp³-hybridized carbons (Fsp3) is 0.167. The van der Waals surface area contributed by atoms with Crippen molar-refractivity contribution >= 4 is 41.2 Å². The topological polar surface area (TPSA) is 89.0 Å². The summed E-state index contributed by atoms with van der Waals surface area (Å²) in [6.07, 6.45) is 0.553. The second-order valence-corrected chi connectivity index (χ2v) is 6.38. The number of fused-ring (bicyclic) bond motifs is 1. The van der Waals surface area contributed by atoms with Gasteiger partial charge in [0, 0.05) is 10.6 Å². The summed E-state index contributed by atoms with van der Waals surface area (Å²) in [5, 5.41) is 7.18. The predicted octanol–water partition coefficient (Wildman–Crippen LogP) is 2.40. The molecule has 2 aromatic carbocycles. The lowest BCUT2D eigenvalue weighted by atomic mass is 10.2. The standard InChI is InChI=1S/C18H15Cl2N3O4/c19-12-6-5-11(13(20)7-12)8-22-23-17(24)9-21-18(25)16-10-26-14-3-1-2-4-15(14)27-16/h1-8,16H,9-10H2,(H,21,25)(H,23,24)/b22-8+/t16-/m0/s1. The van der Waals surface area contributed by atoms with Crippen LogP contribution in [0.5, 0.6) is 11.5 Å². The van der Waals surface area contributed by atoms with E-state index in [-0.39, 0.29) is 13.2 Å². The zero-order valence-electron chi connectivity index (χ0n) is 13.9. The number of hydrazone groups is 1. The zero-order chi connectivity index (χ0) is 19.2. The highest BCUT2D eigenvalue weighted by atomic mass is 35.5. The molecule has 0 saturated carbocycles. The van der Waals surface area contributed by atoms with Crippen LogP contribution in [-0.2, 0) is 9.59 Å². The van der Waals surface area contributed by atoms with Crippen molar-refractivity contribution < 1.29 is 19.1 Å². The van der Waals surface area contributed by atoms with Gasteiger partial charge in [-0.25, -0.2) is 5.43 Å². The van der Waals surface area contributed by atoms with Crippen LogP contribution in [0.1, 0.15) is 5.56 Å². The number of hydrogen-bond donors (Lipinski definition) is 2. The zero-order valence-corrected chi connectivity index (χ0v) is 15.5. The molecule has 7 nitrogen and oxygen atoms in total. The molecular formula is C18H15Cl2N3O4. The molecule has 1 aliphatic heterocycles. The number of nitrogens with one attached hydrogen (secondary N) is 2. The third kappa shape index (κ3) is 5.12. The number of ether oxygens (including phenoxy) is 2.